The quantitative estimate of drug-likeness (QED) is 0.431. The summed E-state index contributed by atoms with van der Waals surface area (Å²) < 4.78 is 0. The van der Waals surface area contributed by atoms with Crippen LogP contribution in [0.3, 0.4) is 0 Å². The Balaban J connectivity index is 1.59. The smallest absolute Gasteiger partial charge is 0.275 e. The van der Waals surface area contributed by atoms with Crippen molar-refractivity contribution in [2.24, 2.45) is 5.10 Å². The third-order valence-corrected chi connectivity index (χ3v) is 4.54. The minimum absolute atomic E-state index is 0.0272. The molecule has 0 saturated carbocycles. The summed E-state index contributed by atoms with van der Waals surface area (Å²) in [6.45, 7) is 1.65. The molecule has 0 aliphatic rings. The zero-order valence-electron chi connectivity index (χ0n) is 17.1. The van der Waals surface area contributed by atoms with E-state index in [1.54, 1.807) is 13.0 Å². The normalized spacial score (nSPS) is 11.2. The third-order valence-electron chi connectivity index (χ3n) is 4.54. The lowest BCUT2D eigenvalue weighted by molar-refractivity contribution is -0.115. The van der Waals surface area contributed by atoms with E-state index in [0.29, 0.717) is 11.4 Å². The van der Waals surface area contributed by atoms with Crippen LogP contribution in [0.4, 0.5) is 11.4 Å². The number of nitrogens with one attached hydrogen (secondary N) is 2. The molecule has 0 unspecified atom stereocenters. The van der Waals surface area contributed by atoms with Crippen LogP contribution in [-0.4, -0.2) is 36.7 Å². The summed E-state index contributed by atoms with van der Waals surface area (Å²) in [5, 5.41) is 18.6. The number of phenolic OH excluding ortho intramolecular Hbond substituents is 1. The van der Waals surface area contributed by atoms with E-state index >= 15 is 0 Å². The number of nitrogens with zero attached hydrogens (tertiary/aromatic N) is 2. The van der Waals surface area contributed by atoms with Gasteiger partial charge in [-0.15, -0.1) is 0 Å². The van der Waals surface area contributed by atoms with Gasteiger partial charge in [-0.2, -0.15) is 5.10 Å². The fourth-order valence-corrected chi connectivity index (χ4v) is 2.94. The van der Waals surface area contributed by atoms with Gasteiger partial charge in [-0.25, -0.2) is 5.43 Å². The van der Waals surface area contributed by atoms with E-state index in [4.69, 9.17) is 0 Å². The van der Waals surface area contributed by atoms with Gasteiger partial charge in [0, 0.05) is 31.2 Å². The van der Waals surface area contributed by atoms with Gasteiger partial charge in [0.15, 0.2) is 0 Å². The van der Waals surface area contributed by atoms with E-state index in [1.807, 2.05) is 67.5 Å². The molecule has 3 rings (SSSR count). The lowest BCUT2D eigenvalue weighted by atomic mass is 10.1. The summed E-state index contributed by atoms with van der Waals surface area (Å²) in [6, 6.07) is 18.0. The van der Waals surface area contributed by atoms with Gasteiger partial charge in [0.05, 0.1) is 12.0 Å². The van der Waals surface area contributed by atoms with Crippen molar-refractivity contribution in [2.75, 3.05) is 24.3 Å². The minimum Gasteiger partial charge on any atom is -0.507 e. The highest BCUT2D eigenvalue weighted by atomic mass is 16.3. The molecule has 0 aromatic heterocycles. The lowest BCUT2D eigenvalue weighted by Gasteiger charge is -2.13. The Morgan fingerprint density at radius 2 is 1.63 bits per heavy atom. The highest BCUT2D eigenvalue weighted by Crippen LogP contribution is 2.24. The van der Waals surface area contributed by atoms with Gasteiger partial charge < -0.3 is 15.3 Å². The van der Waals surface area contributed by atoms with Gasteiger partial charge in [-0.05, 0) is 54.1 Å². The van der Waals surface area contributed by atoms with Crippen LogP contribution in [0.2, 0.25) is 0 Å². The van der Waals surface area contributed by atoms with Crippen LogP contribution in [0.15, 0.2) is 65.8 Å². The fraction of sp³-hybridized carbons (Fsp3) is 0.174. The van der Waals surface area contributed by atoms with E-state index < -0.39 is 5.91 Å². The van der Waals surface area contributed by atoms with Crippen LogP contribution in [0.1, 0.15) is 23.7 Å². The number of fused-ring (bicyclic) bond motifs is 1. The number of carbonyl (C=O) groups excluding carboxylic acids is 2. The third kappa shape index (κ3) is 5.14. The largest absolute Gasteiger partial charge is 0.507 e. The number of benzene rings is 3. The Bertz CT molecular complexity index is 1110. The molecule has 0 bridgehead atoms. The van der Waals surface area contributed by atoms with Crippen molar-refractivity contribution in [1.29, 1.82) is 0 Å². The zero-order chi connectivity index (χ0) is 21.7. The number of anilines is 2. The lowest BCUT2D eigenvalue weighted by Crippen LogP contribution is -2.21. The first-order valence-electron chi connectivity index (χ1n) is 9.46. The molecule has 0 heterocycles. The van der Waals surface area contributed by atoms with E-state index in [1.165, 1.54) is 6.07 Å². The number of aromatic hydroxyl groups is 1. The number of hydrazone groups is 1. The molecule has 3 aromatic carbocycles. The summed E-state index contributed by atoms with van der Waals surface area (Å²) >= 11 is 0. The average molecular weight is 404 g/mol. The predicted molar refractivity (Wildman–Crippen MR) is 120 cm³/mol. The first-order valence-corrected chi connectivity index (χ1v) is 9.46. The molecular formula is C23H24N4O3. The second kappa shape index (κ2) is 9.09. The van der Waals surface area contributed by atoms with Crippen molar-refractivity contribution in [3.63, 3.8) is 0 Å². The summed E-state index contributed by atoms with van der Waals surface area (Å²) in [6.07, 6.45) is 0.0272. The molecule has 7 nitrogen and oxygen atoms in total. The SMILES string of the molecule is C/C(CC(=O)Nc1ccc(N(C)C)cc1)=N\NC(=O)c1cc2ccccc2cc1O. The summed E-state index contributed by atoms with van der Waals surface area (Å²) in [7, 11) is 3.89. The molecule has 0 aliphatic carbocycles. The molecule has 3 aromatic rings. The number of amides is 2. The zero-order valence-corrected chi connectivity index (χ0v) is 17.1. The minimum atomic E-state index is -0.544. The van der Waals surface area contributed by atoms with Crippen LogP contribution in [-0.2, 0) is 4.79 Å². The molecule has 0 fully saturated rings. The van der Waals surface area contributed by atoms with Crippen molar-refractivity contribution in [3.8, 4) is 5.75 Å². The number of hydrogen-bond acceptors (Lipinski definition) is 5. The average Bonchev–Trinajstić information content (AvgIpc) is 2.71. The first-order chi connectivity index (χ1) is 14.3. The van der Waals surface area contributed by atoms with Crippen molar-refractivity contribution in [1.82, 2.24) is 5.43 Å². The number of rotatable bonds is 6. The first kappa shape index (κ1) is 20.9. The van der Waals surface area contributed by atoms with Crippen LogP contribution in [0.5, 0.6) is 5.75 Å². The maximum Gasteiger partial charge on any atom is 0.275 e. The van der Waals surface area contributed by atoms with Crippen LogP contribution < -0.4 is 15.6 Å². The second-order valence-electron chi connectivity index (χ2n) is 7.17. The van der Waals surface area contributed by atoms with Gasteiger partial charge in [-0.1, -0.05) is 24.3 Å². The maximum absolute atomic E-state index is 12.4. The number of phenols is 1. The van der Waals surface area contributed by atoms with Gasteiger partial charge >= 0.3 is 0 Å². The van der Waals surface area contributed by atoms with Gasteiger partial charge in [0.1, 0.15) is 5.75 Å². The molecule has 2 amide bonds. The monoisotopic (exact) mass is 404 g/mol. The highest BCUT2D eigenvalue weighted by Gasteiger charge is 2.12. The van der Waals surface area contributed by atoms with Gasteiger partial charge in [-0.3, -0.25) is 9.59 Å². The van der Waals surface area contributed by atoms with Crippen molar-refractivity contribution >= 4 is 39.7 Å². The summed E-state index contributed by atoms with van der Waals surface area (Å²) in [4.78, 5) is 26.6. The molecule has 0 atom stereocenters. The van der Waals surface area contributed by atoms with Crippen molar-refractivity contribution < 1.29 is 14.7 Å². The van der Waals surface area contributed by atoms with Crippen LogP contribution in [0.25, 0.3) is 10.8 Å². The highest BCUT2D eigenvalue weighted by molar-refractivity contribution is 6.06. The standard InChI is InChI=1S/C23H24N4O3/c1-15(12-22(29)24-18-8-10-19(11-9-18)27(2)3)25-26-23(30)20-13-16-6-4-5-7-17(16)14-21(20)28/h4-11,13-14,28H,12H2,1-3H3,(H,24,29)(H,26,30)/b25-15+. The van der Waals surface area contributed by atoms with E-state index in [-0.39, 0.29) is 23.6 Å². The van der Waals surface area contributed by atoms with Gasteiger partial charge in [0.25, 0.3) is 5.91 Å². The van der Waals surface area contributed by atoms with E-state index in [2.05, 4.69) is 15.8 Å². The Morgan fingerprint density at radius 1 is 1.00 bits per heavy atom. The van der Waals surface area contributed by atoms with Gasteiger partial charge in [0.2, 0.25) is 5.91 Å². The Labute approximate surface area is 175 Å². The molecular weight excluding hydrogens is 380 g/mol. The Kier molecular flexibility index (Phi) is 6.32. The van der Waals surface area contributed by atoms with Crippen LogP contribution >= 0.6 is 0 Å². The maximum atomic E-state index is 12.4. The Morgan fingerprint density at radius 3 is 2.27 bits per heavy atom. The van der Waals surface area contributed by atoms with Crippen molar-refractivity contribution in [3.05, 3.63) is 66.2 Å². The topological polar surface area (TPSA) is 94.0 Å². The molecule has 3 N–H and O–H groups in total. The fourth-order valence-electron chi connectivity index (χ4n) is 2.94. The molecule has 0 saturated heterocycles. The molecule has 0 spiro atoms. The molecule has 0 radical (unpaired) electrons. The number of carbonyl (C=O) groups is 2. The number of hydrogen-bond donors (Lipinski definition) is 3. The summed E-state index contributed by atoms with van der Waals surface area (Å²) in [5.74, 6) is -0.910. The van der Waals surface area contributed by atoms with Crippen LogP contribution in [0, 0.1) is 0 Å². The Hall–Kier alpha value is -3.87. The molecule has 7 heteroatoms. The molecule has 0 aliphatic heterocycles. The molecule has 154 valence electrons. The summed E-state index contributed by atoms with van der Waals surface area (Å²) in [5.41, 5.74) is 4.67. The van der Waals surface area contributed by atoms with E-state index in [9.17, 15) is 14.7 Å². The predicted octanol–water partition coefficient (Wildman–Crippen LogP) is 3.75. The molecule has 30 heavy (non-hydrogen) atoms. The van der Waals surface area contributed by atoms with E-state index in [0.717, 1.165) is 16.5 Å². The second-order valence-corrected chi connectivity index (χ2v) is 7.17. The van der Waals surface area contributed by atoms with Crippen molar-refractivity contribution in [2.45, 2.75) is 13.3 Å².